The van der Waals surface area contributed by atoms with Crippen molar-refractivity contribution < 1.29 is 28.6 Å². The number of esters is 3. The summed E-state index contributed by atoms with van der Waals surface area (Å²) >= 11 is 0. The minimum atomic E-state index is -0.817. The predicted octanol–water partition coefficient (Wildman–Crippen LogP) is 18.1. The maximum absolute atomic E-state index is 12.8. The molecule has 6 heteroatoms. The summed E-state index contributed by atoms with van der Waals surface area (Å²) in [5.41, 5.74) is 0. The van der Waals surface area contributed by atoms with Gasteiger partial charge >= 0.3 is 17.9 Å². The molecule has 378 valence electrons. The first-order valence-corrected chi connectivity index (χ1v) is 27.0. The third kappa shape index (κ3) is 52.6. The van der Waals surface area contributed by atoms with E-state index in [0.717, 1.165) is 128 Å². The summed E-state index contributed by atoms with van der Waals surface area (Å²) in [6.45, 7) is 6.31. The van der Waals surface area contributed by atoms with Crippen LogP contribution in [-0.2, 0) is 28.6 Å². The second-order valence-electron chi connectivity index (χ2n) is 17.4. The van der Waals surface area contributed by atoms with E-state index in [1.807, 2.05) is 0 Å². The third-order valence-corrected chi connectivity index (χ3v) is 10.9. The number of hydrogen-bond acceptors (Lipinski definition) is 6. The van der Waals surface area contributed by atoms with E-state index in [4.69, 9.17) is 14.2 Å². The molecule has 0 aromatic heterocycles. The number of carbonyl (C=O) groups is 3. The van der Waals surface area contributed by atoms with Gasteiger partial charge in [-0.25, -0.2) is 0 Å². The molecule has 0 radical (unpaired) electrons. The fourth-order valence-electron chi connectivity index (χ4n) is 6.93. The zero-order chi connectivity index (χ0) is 48.6. The van der Waals surface area contributed by atoms with E-state index in [2.05, 4.69) is 142 Å². The SMILES string of the molecule is CC/C=C\C/C=C\C/C=C\C/C=C\C/C=C\CCCC(=O)OC[C@H](COC(=O)CCCCCCCCC/C=C\C/C=C\CCCCC)OC(=O)CCCCCCC/C=C\C/C=C\C/C=C\CC. The minimum Gasteiger partial charge on any atom is -0.462 e. The van der Waals surface area contributed by atoms with Crippen molar-refractivity contribution in [3.63, 3.8) is 0 Å². The third-order valence-electron chi connectivity index (χ3n) is 10.9. The molecule has 0 rings (SSSR count). The lowest BCUT2D eigenvalue weighted by atomic mass is 10.1. The van der Waals surface area contributed by atoms with E-state index in [-0.39, 0.29) is 37.5 Å². The van der Waals surface area contributed by atoms with Crippen molar-refractivity contribution in [2.75, 3.05) is 13.2 Å². The van der Waals surface area contributed by atoms with Crippen LogP contribution in [0.1, 0.15) is 226 Å². The Kier molecular flexibility index (Phi) is 51.0. The molecule has 0 aliphatic carbocycles. The van der Waals surface area contributed by atoms with Crippen LogP contribution in [0.3, 0.4) is 0 Å². The Balaban J connectivity index is 4.53. The van der Waals surface area contributed by atoms with Crippen LogP contribution in [0.25, 0.3) is 0 Å². The van der Waals surface area contributed by atoms with Gasteiger partial charge in [0.25, 0.3) is 0 Å². The van der Waals surface area contributed by atoms with Crippen LogP contribution < -0.4 is 0 Å². The average Bonchev–Trinajstić information content (AvgIpc) is 3.33. The van der Waals surface area contributed by atoms with Crippen molar-refractivity contribution in [2.45, 2.75) is 232 Å². The lowest BCUT2D eigenvalue weighted by molar-refractivity contribution is -0.167. The van der Waals surface area contributed by atoms with Crippen LogP contribution in [0.15, 0.2) is 122 Å². The standard InChI is InChI=1S/C61H98O6/c1-4-7-10-13-16-19-22-25-28-30-33-35-38-41-44-47-50-53-59(62)65-56-58(67-61(64)55-52-49-46-43-40-37-32-27-24-21-18-15-12-9-6-3)57-66-60(63)54-51-48-45-42-39-36-34-31-29-26-23-20-17-14-11-8-5-2/h7,9-10,12,16-21,25-29,32-33,35,41,44,58H,4-6,8,11,13-15,22-24,30-31,34,36-40,42-43,45-57H2,1-3H3/b10-7-,12-9-,19-16-,20-17-,21-18-,28-25-,29-26-,32-27-,35-33-,44-41-/t58-/m1/s1. The predicted molar refractivity (Wildman–Crippen MR) is 288 cm³/mol. The molecule has 0 N–H and O–H groups in total. The van der Waals surface area contributed by atoms with E-state index in [1.54, 1.807) is 0 Å². The molecule has 0 saturated heterocycles. The van der Waals surface area contributed by atoms with E-state index in [0.29, 0.717) is 19.3 Å². The first-order chi connectivity index (χ1) is 33.0. The summed E-state index contributed by atoms with van der Waals surface area (Å²) in [6.07, 6.45) is 74.7. The average molecular weight is 927 g/mol. The highest BCUT2D eigenvalue weighted by atomic mass is 16.6. The Bertz CT molecular complexity index is 1440. The van der Waals surface area contributed by atoms with Gasteiger partial charge in [0.2, 0.25) is 0 Å². The molecule has 0 amide bonds. The summed E-state index contributed by atoms with van der Waals surface area (Å²) in [5.74, 6) is -1.00. The van der Waals surface area contributed by atoms with Gasteiger partial charge < -0.3 is 14.2 Å². The van der Waals surface area contributed by atoms with Crippen LogP contribution in [0.2, 0.25) is 0 Å². The molecule has 67 heavy (non-hydrogen) atoms. The van der Waals surface area contributed by atoms with Gasteiger partial charge in [-0.15, -0.1) is 0 Å². The van der Waals surface area contributed by atoms with Gasteiger partial charge in [0.15, 0.2) is 6.10 Å². The van der Waals surface area contributed by atoms with Crippen LogP contribution in [0.4, 0.5) is 0 Å². The van der Waals surface area contributed by atoms with Gasteiger partial charge in [-0.05, 0) is 122 Å². The zero-order valence-corrected chi connectivity index (χ0v) is 43.1. The van der Waals surface area contributed by atoms with E-state index < -0.39 is 6.10 Å². The van der Waals surface area contributed by atoms with Crippen molar-refractivity contribution in [1.82, 2.24) is 0 Å². The summed E-state index contributed by atoms with van der Waals surface area (Å²) < 4.78 is 16.8. The van der Waals surface area contributed by atoms with Gasteiger partial charge in [0.1, 0.15) is 13.2 Å². The van der Waals surface area contributed by atoms with Crippen molar-refractivity contribution >= 4 is 17.9 Å². The Morgan fingerprint density at radius 1 is 0.313 bits per heavy atom. The van der Waals surface area contributed by atoms with Gasteiger partial charge in [0.05, 0.1) is 0 Å². The van der Waals surface area contributed by atoms with Crippen LogP contribution in [0, 0.1) is 0 Å². The summed E-state index contributed by atoms with van der Waals surface area (Å²) in [5, 5.41) is 0. The molecule has 0 aromatic carbocycles. The van der Waals surface area contributed by atoms with Crippen molar-refractivity contribution in [2.24, 2.45) is 0 Å². The second kappa shape index (κ2) is 54.4. The summed E-state index contributed by atoms with van der Waals surface area (Å²) in [6, 6.07) is 0. The van der Waals surface area contributed by atoms with Gasteiger partial charge in [0, 0.05) is 19.3 Å². The largest absolute Gasteiger partial charge is 0.462 e. The maximum atomic E-state index is 12.8. The van der Waals surface area contributed by atoms with E-state index in [1.165, 1.54) is 51.4 Å². The molecule has 0 spiro atoms. The van der Waals surface area contributed by atoms with Crippen LogP contribution >= 0.6 is 0 Å². The normalized spacial score (nSPS) is 13.1. The molecular formula is C61H98O6. The first-order valence-electron chi connectivity index (χ1n) is 27.0. The van der Waals surface area contributed by atoms with Crippen LogP contribution in [-0.4, -0.2) is 37.2 Å². The molecule has 0 saturated carbocycles. The topological polar surface area (TPSA) is 78.9 Å². The van der Waals surface area contributed by atoms with Crippen LogP contribution in [0.5, 0.6) is 0 Å². The Hall–Kier alpha value is -4.19. The molecule has 0 aliphatic heterocycles. The van der Waals surface area contributed by atoms with Gasteiger partial charge in [-0.2, -0.15) is 0 Å². The molecule has 0 aromatic rings. The van der Waals surface area contributed by atoms with Crippen molar-refractivity contribution in [3.8, 4) is 0 Å². The minimum absolute atomic E-state index is 0.110. The molecule has 6 nitrogen and oxygen atoms in total. The quantitative estimate of drug-likeness (QED) is 0.0262. The van der Waals surface area contributed by atoms with Gasteiger partial charge in [-0.1, -0.05) is 206 Å². The lowest BCUT2D eigenvalue weighted by Gasteiger charge is -2.18. The molecular weight excluding hydrogens is 829 g/mol. The summed E-state index contributed by atoms with van der Waals surface area (Å²) in [4.78, 5) is 38.1. The number of ether oxygens (including phenoxy) is 3. The number of allylic oxidation sites excluding steroid dienone is 20. The first kappa shape index (κ1) is 62.8. The maximum Gasteiger partial charge on any atom is 0.306 e. The summed E-state index contributed by atoms with van der Waals surface area (Å²) in [7, 11) is 0. The monoisotopic (exact) mass is 927 g/mol. The zero-order valence-electron chi connectivity index (χ0n) is 43.1. The highest BCUT2D eigenvalue weighted by Crippen LogP contribution is 2.13. The van der Waals surface area contributed by atoms with E-state index >= 15 is 0 Å². The van der Waals surface area contributed by atoms with Crippen molar-refractivity contribution in [1.29, 1.82) is 0 Å². The smallest absolute Gasteiger partial charge is 0.306 e. The number of unbranched alkanes of at least 4 members (excludes halogenated alkanes) is 16. The number of hydrogen-bond donors (Lipinski definition) is 0. The molecule has 0 unspecified atom stereocenters. The highest BCUT2D eigenvalue weighted by molar-refractivity contribution is 5.71. The van der Waals surface area contributed by atoms with Gasteiger partial charge in [-0.3, -0.25) is 14.4 Å². The number of carbonyl (C=O) groups excluding carboxylic acids is 3. The Morgan fingerprint density at radius 3 is 0.970 bits per heavy atom. The lowest BCUT2D eigenvalue weighted by Crippen LogP contribution is -2.30. The van der Waals surface area contributed by atoms with E-state index in [9.17, 15) is 14.4 Å². The molecule has 0 fully saturated rings. The number of rotatable bonds is 47. The molecule has 0 bridgehead atoms. The molecule has 1 atom stereocenters. The van der Waals surface area contributed by atoms with Crippen molar-refractivity contribution in [3.05, 3.63) is 122 Å². The molecule has 0 aliphatic rings. The fourth-order valence-corrected chi connectivity index (χ4v) is 6.93. The molecule has 0 heterocycles. The Labute approximate surface area is 412 Å². The highest BCUT2D eigenvalue weighted by Gasteiger charge is 2.19. The fraction of sp³-hybridized carbons (Fsp3) is 0.623. The Morgan fingerprint density at radius 2 is 0.597 bits per heavy atom. The second-order valence-corrected chi connectivity index (χ2v) is 17.4.